The average Bonchev–Trinajstić information content (AvgIpc) is 3.46. The monoisotopic (exact) mass is 585 g/mol. The summed E-state index contributed by atoms with van der Waals surface area (Å²) in [7, 11) is 0. The molecule has 2 aliphatic rings. The molecule has 0 fully saturated rings. The van der Waals surface area contributed by atoms with Crippen molar-refractivity contribution in [2.45, 2.75) is 0 Å². The van der Waals surface area contributed by atoms with E-state index in [2.05, 4.69) is 184 Å². The smallest absolute Gasteiger partial charge is 0.252 e. The van der Waals surface area contributed by atoms with Gasteiger partial charge in [0.15, 0.2) is 0 Å². The van der Waals surface area contributed by atoms with Gasteiger partial charge in [0, 0.05) is 44.9 Å². The summed E-state index contributed by atoms with van der Waals surface area (Å²) in [5, 5.41) is 2.49. The molecule has 0 atom stereocenters. The van der Waals surface area contributed by atoms with E-state index < -0.39 is 0 Å². The van der Waals surface area contributed by atoms with Gasteiger partial charge < -0.3 is 14.4 Å². The minimum atomic E-state index is 0.0731. The van der Waals surface area contributed by atoms with Crippen molar-refractivity contribution < 1.29 is 0 Å². The number of anilines is 6. The average molecular weight is 586 g/mol. The Bertz CT molecular complexity index is 2420. The molecule has 10 rings (SSSR count). The molecule has 0 spiro atoms. The van der Waals surface area contributed by atoms with Gasteiger partial charge in [-0.05, 0) is 77.1 Å². The lowest BCUT2D eigenvalue weighted by Crippen LogP contribution is -2.61. The summed E-state index contributed by atoms with van der Waals surface area (Å²) in [6.45, 7) is 0.0731. The van der Waals surface area contributed by atoms with E-state index >= 15 is 0 Å². The standard InChI is InChI=1S/C42H28BN3/c1-4-16-29(17-5-1)44-37-26-14-11-23-34(37)43-35-24-12-15-27-38(35)46(31-20-8-3-9-21-31)42-40(43)39(44)28-33-32-22-10-13-25-36(32)45(41(33)42)30-18-6-2-7-19-30/h1-28H. The number of benzene rings is 7. The van der Waals surface area contributed by atoms with Crippen LogP contribution in [0, 0.1) is 0 Å². The first-order valence-corrected chi connectivity index (χ1v) is 15.9. The highest BCUT2D eigenvalue weighted by Gasteiger charge is 2.44. The zero-order valence-electron chi connectivity index (χ0n) is 25.1. The lowest BCUT2D eigenvalue weighted by atomic mass is 9.33. The Balaban J connectivity index is 1.46. The third kappa shape index (κ3) is 3.44. The van der Waals surface area contributed by atoms with Crippen molar-refractivity contribution in [3.8, 4) is 5.69 Å². The molecular formula is C42H28BN3. The summed E-state index contributed by atoms with van der Waals surface area (Å²) in [6.07, 6.45) is 0. The van der Waals surface area contributed by atoms with Crippen LogP contribution in [0.15, 0.2) is 170 Å². The van der Waals surface area contributed by atoms with Gasteiger partial charge in [-0.25, -0.2) is 0 Å². The van der Waals surface area contributed by atoms with E-state index in [1.807, 2.05) is 0 Å². The van der Waals surface area contributed by atoms with Crippen molar-refractivity contribution in [3.63, 3.8) is 0 Å². The number of para-hydroxylation sites is 6. The highest BCUT2D eigenvalue weighted by molar-refractivity contribution is 7.00. The number of nitrogens with zero attached hydrogens (tertiary/aromatic N) is 3. The van der Waals surface area contributed by atoms with Crippen molar-refractivity contribution in [2.75, 3.05) is 9.80 Å². The van der Waals surface area contributed by atoms with Crippen LogP contribution in [0.5, 0.6) is 0 Å². The van der Waals surface area contributed by atoms with Crippen LogP contribution < -0.4 is 26.2 Å². The molecule has 0 saturated heterocycles. The zero-order chi connectivity index (χ0) is 30.2. The lowest BCUT2D eigenvalue weighted by molar-refractivity contribution is 1.17. The molecule has 8 aromatic rings. The van der Waals surface area contributed by atoms with Crippen LogP contribution in [0.3, 0.4) is 0 Å². The summed E-state index contributed by atoms with van der Waals surface area (Å²) in [5.41, 5.74) is 14.8. The fourth-order valence-corrected chi connectivity index (χ4v) is 7.95. The fraction of sp³-hybridized carbons (Fsp3) is 0. The number of hydrogen-bond donors (Lipinski definition) is 0. The van der Waals surface area contributed by atoms with E-state index in [1.165, 1.54) is 60.9 Å². The summed E-state index contributed by atoms with van der Waals surface area (Å²) in [6, 6.07) is 61.8. The van der Waals surface area contributed by atoms with Gasteiger partial charge in [0.25, 0.3) is 6.71 Å². The molecule has 4 heteroatoms. The van der Waals surface area contributed by atoms with Gasteiger partial charge in [-0.1, -0.05) is 109 Å². The second kappa shape index (κ2) is 9.75. The molecule has 214 valence electrons. The molecule has 0 aliphatic carbocycles. The molecule has 46 heavy (non-hydrogen) atoms. The molecule has 0 amide bonds. The summed E-state index contributed by atoms with van der Waals surface area (Å²) >= 11 is 0. The van der Waals surface area contributed by atoms with Crippen molar-refractivity contribution in [1.29, 1.82) is 0 Å². The SMILES string of the molecule is c1ccc(N2c3ccccc3B3c4ccccc4N(c4ccccc4)c4c3c2cc2c3ccccc3n(-c3ccccc3)c42)cc1. The van der Waals surface area contributed by atoms with Crippen LogP contribution in [-0.2, 0) is 0 Å². The second-order valence-electron chi connectivity index (χ2n) is 12.1. The highest BCUT2D eigenvalue weighted by atomic mass is 15.2. The highest BCUT2D eigenvalue weighted by Crippen LogP contribution is 2.49. The lowest BCUT2D eigenvalue weighted by Gasteiger charge is -2.44. The van der Waals surface area contributed by atoms with Crippen molar-refractivity contribution in [1.82, 2.24) is 4.57 Å². The van der Waals surface area contributed by atoms with E-state index in [9.17, 15) is 0 Å². The molecule has 3 heterocycles. The fourth-order valence-electron chi connectivity index (χ4n) is 7.95. The van der Waals surface area contributed by atoms with E-state index in [-0.39, 0.29) is 6.71 Å². The number of fused-ring (bicyclic) bond motifs is 8. The summed E-state index contributed by atoms with van der Waals surface area (Å²) in [5.74, 6) is 0. The van der Waals surface area contributed by atoms with Crippen LogP contribution in [0.4, 0.5) is 34.1 Å². The van der Waals surface area contributed by atoms with Crippen LogP contribution >= 0.6 is 0 Å². The zero-order valence-corrected chi connectivity index (χ0v) is 25.1. The number of hydrogen-bond acceptors (Lipinski definition) is 2. The van der Waals surface area contributed by atoms with Gasteiger partial charge in [0.2, 0.25) is 0 Å². The topological polar surface area (TPSA) is 11.4 Å². The maximum Gasteiger partial charge on any atom is 0.252 e. The first-order valence-electron chi connectivity index (χ1n) is 15.9. The van der Waals surface area contributed by atoms with Gasteiger partial charge in [-0.3, -0.25) is 0 Å². The minimum Gasteiger partial charge on any atom is -0.311 e. The number of aromatic nitrogens is 1. The molecule has 7 aromatic carbocycles. The molecule has 0 radical (unpaired) electrons. The predicted molar refractivity (Wildman–Crippen MR) is 195 cm³/mol. The van der Waals surface area contributed by atoms with Crippen molar-refractivity contribution in [2.24, 2.45) is 0 Å². The van der Waals surface area contributed by atoms with Crippen LogP contribution in [-0.4, -0.2) is 11.3 Å². The normalized spacial score (nSPS) is 13.1. The van der Waals surface area contributed by atoms with Crippen LogP contribution in [0.2, 0.25) is 0 Å². The molecule has 3 nitrogen and oxygen atoms in total. The van der Waals surface area contributed by atoms with Crippen LogP contribution in [0.1, 0.15) is 0 Å². The first-order chi connectivity index (χ1) is 22.9. The van der Waals surface area contributed by atoms with Gasteiger partial charge in [0.1, 0.15) is 0 Å². The van der Waals surface area contributed by atoms with Gasteiger partial charge in [-0.15, -0.1) is 0 Å². The summed E-state index contributed by atoms with van der Waals surface area (Å²) in [4.78, 5) is 5.00. The Kier molecular flexibility index (Phi) is 5.37. The van der Waals surface area contributed by atoms with Crippen LogP contribution in [0.25, 0.3) is 27.5 Å². The second-order valence-corrected chi connectivity index (χ2v) is 12.1. The molecule has 1 aromatic heterocycles. The molecular weight excluding hydrogens is 557 g/mol. The first kappa shape index (κ1) is 25.3. The third-order valence-corrected chi connectivity index (χ3v) is 9.72. The van der Waals surface area contributed by atoms with E-state index in [0.717, 1.165) is 17.1 Å². The number of rotatable bonds is 3. The van der Waals surface area contributed by atoms with Crippen molar-refractivity contribution in [3.05, 3.63) is 170 Å². The Morgan fingerprint density at radius 1 is 0.391 bits per heavy atom. The minimum absolute atomic E-state index is 0.0731. The van der Waals surface area contributed by atoms with E-state index in [0.29, 0.717) is 0 Å². The largest absolute Gasteiger partial charge is 0.311 e. The maximum atomic E-state index is 2.52. The predicted octanol–water partition coefficient (Wildman–Crippen LogP) is 8.87. The molecule has 0 unspecified atom stereocenters. The Hall–Kier alpha value is -6.00. The van der Waals surface area contributed by atoms with Gasteiger partial charge in [0.05, 0.1) is 16.7 Å². The Morgan fingerprint density at radius 2 is 0.891 bits per heavy atom. The molecule has 0 bridgehead atoms. The molecule has 2 aliphatic heterocycles. The quantitative estimate of drug-likeness (QED) is 0.192. The maximum absolute atomic E-state index is 2.52. The Morgan fingerprint density at radius 3 is 1.54 bits per heavy atom. The summed E-state index contributed by atoms with van der Waals surface area (Å²) < 4.78 is 2.48. The van der Waals surface area contributed by atoms with E-state index in [1.54, 1.807) is 0 Å². The van der Waals surface area contributed by atoms with Crippen molar-refractivity contribution >= 4 is 79.0 Å². The third-order valence-electron chi connectivity index (χ3n) is 9.72. The molecule has 0 N–H and O–H groups in total. The van der Waals surface area contributed by atoms with Gasteiger partial charge in [-0.2, -0.15) is 0 Å². The van der Waals surface area contributed by atoms with E-state index in [4.69, 9.17) is 0 Å². The Labute approximate surface area is 268 Å². The molecule has 0 saturated carbocycles. The van der Waals surface area contributed by atoms with Gasteiger partial charge >= 0.3 is 0 Å².